The summed E-state index contributed by atoms with van der Waals surface area (Å²) in [5, 5.41) is 0. The molecule has 0 aliphatic carbocycles. The summed E-state index contributed by atoms with van der Waals surface area (Å²) >= 11 is 0. The second-order valence-electron chi connectivity index (χ2n) is 5.59. The number of hydrogen-bond donors (Lipinski definition) is 0. The first-order valence-electron chi connectivity index (χ1n) is 8.21. The maximum absolute atomic E-state index is 11.1. The zero-order valence-electron chi connectivity index (χ0n) is 13.4. The van der Waals surface area contributed by atoms with Crippen LogP contribution in [0.15, 0.2) is 29.2 Å². The van der Waals surface area contributed by atoms with Crippen molar-refractivity contribution in [1.82, 2.24) is 0 Å². The van der Waals surface area contributed by atoms with Crippen molar-refractivity contribution in [2.45, 2.75) is 69.6 Å². The molecule has 0 bridgehead atoms. The van der Waals surface area contributed by atoms with Crippen LogP contribution >= 0.6 is 10.7 Å². The van der Waals surface area contributed by atoms with Gasteiger partial charge in [0, 0.05) is 10.7 Å². The molecule has 0 unspecified atom stereocenters. The maximum Gasteiger partial charge on any atom is 0.261 e. The molecule has 0 aromatic heterocycles. The third-order valence-electron chi connectivity index (χ3n) is 3.62. The molecular formula is C17H27ClO3S. The summed E-state index contributed by atoms with van der Waals surface area (Å²) in [7, 11) is 1.61. The van der Waals surface area contributed by atoms with E-state index >= 15 is 0 Å². The molecule has 0 heterocycles. The third kappa shape index (κ3) is 8.64. The number of hydrogen-bond acceptors (Lipinski definition) is 3. The first kappa shape index (κ1) is 19.3. The monoisotopic (exact) mass is 346 g/mol. The maximum atomic E-state index is 11.1. The quantitative estimate of drug-likeness (QED) is 0.369. The fraction of sp³-hybridized carbons (Fsp3) is 0.647. The summed E-state index contributed by atoms with van der Waals surface area (Å²) in [6, 6.07) is 6.22. The first-order chi connectivity index (χ1) is 10.5. The lowest BCUT2D eigenvalue weighted by Gasteiger charge is -2.06. The van der Waals surface area contributed by atoms with Gasteiger partial charge in [-0.1, -0.05) is 58.3 Å². The van der Waals surface area contributed by atoms with Gasteiger partial charge in [0.2, 0.25) is 0 Å². The Bertz CT molecular complexity index is 497. The molecule has 0 aliphatic rings. The Morgan fingerprint density at radius 2 is 1.36 bits per heavy atom. The second-order valence-corrected chi connectivity index (χ2v) is 8.15. The normalized spacial score (nSPS) is 11.5. The molecule has 126 valence electrons. The molecule has 0 atom stereocenters. The standard InChI is InChI=1S/C17H27ClO3S/c1-2-3-4-5-6-7-8-9-10-15-21-16-11-13-17(14-12-16)22(18,19)20/h11-14H,2-10,15H2,1H3. The molecule has 0 N–H and O–H groups in total. The van der Waals surface area contributed by atoms with Gasteiger partial charge in [-0.2, -0.15) is 0 Å². The fourth-order valence-electron chi connectivity index (χ4n) is 2.30. The van der Waals surface area contributed by atoms with Crippen LogP contribution in [0.5, 0.6) is 5.75 Å². The van der Waals surface area contributed by atoms with Gasteiger partial charge < -0.3 is 4.74 Å². The summed E-state index contributed by atoms with van der Waals surface area (Å²) in [6.45, 7) is 2.91. The molecule has 0 fully saturated rings. The van der Waals surface area contributed by atoms with Crippen molar-refractivity contribution >= 4 is 19.7 Å². The van der Waals surface area contributed by atoms with E-state index in [-0.39, 0.29) is 4.90 Å². The molecule has 0 saturated carbocycles. The van der Waals surface area contributed by atoms with Crippen LogP contribution in [-0.2, 0) is 9.05 Å². The highest BCUT2D eigenvalue weighted by Crippen LogP contribution is 2.19. The fourth-order valence-corrected chi connectivity index (χ4v) is 3.07. The van der Waals surface area contributed by atoms with E-state index in [4.69, 9.17) is 15.4 Å². The number of rotatable bonds is 12. The van der Waals surface area contributed by atoms with Crippen molar-refractivity contribution in [3.63, 3.8) is 0 Å². The molecule has 1 aromatic rings. The molecule has 0 saturated heterocycles. The van der Waals surface area contributed by atoms with Gasteiger partial charge in [-0.05, 0) is 30.7 Å². The van der Waals surface area contributed by atoms with Gasteiger partial charge in [-0.3, -0.25) is 0 Å². The minimum absolute atomic E-state index is 0.101. The van der Waals surface area contributed by atoms with Gasteiger partial charge in [-0.25, -0.2) is 8.42 Å². The SMILES string of the molecule is CCCCCCCCCCCOc1ccc(S(=O)(=O)Cl)cc1. The van der Waals surface area contributed by atoms with Crippen LogP contribution in [0.25, 0.3) is 0 Å². The van der Waals surface area contributed by atoms with Crippen LogP contribution in [0.2, 0.25) is 0 Å². The van der Waals surface area contributed by atoms with Crippen LogP contribution in [0.3, 0.4) is 0 Å². The molecule has 3 nitrogen and oxygen atoms in total. The smallest absolute Gasteiger partial charge is 0.261 e. The van der Waals surface area contributed by atoms with Gasteiger partial charge in [0.05, 0.1) is 11.5 Å². The van der Waals surface area contributed by atoms with E-state index < -0.39 is 9.05 Å². The van der Waals surface area contributed by atoms with E-state index in [1.807, 2.05) is 0 Å². The average molecular weight is 347 g/mol. The summed E-state index contributed by atoms with van der Waals surface area (Å²) in [4.78, 5) is 0.101. The number of unbranched alkanes of at least 4 members (excludes halogenated alkanes) is 8. The predicted octanol–water partition coefficient (Wildman–Crippen LogP) is 5.52. The molecule has 1 aromatic carbocycles. The lowest BCUT2D eigenvalue weighted by atomic mass is 10.1. The number of benzene rings is 1. The summed E-state index contributed by atoms with van der Waals surface area (Å²) in [5.74, 6) is 0.684. The Balaban J connectivity index is 2.05. The Morgan fingerprint density at radius 1 is 0.864 bits per heavy atom. The highest BCUT2D eigenvalue weighted by atomic mass is 35.7. The summed E-state index contributed by atoms with van der Waals surface area (Å²) < 4.78 is 27.8. The molecule has 0 spiro atoms. The van der Waals surface area contributed by atoms with Crippen molar-refractivity contribution in [3.8, 4) is 5.75 Å². The Morgan fingerprint density at radius 3 is 1.86 bits per heavy atom. The van der Waals surface area contributed by atoms with Crippen molar-refractivity contribution in [3.05, 3.63) is 24.3 Å². The molecule has 0 amide bonds. The number of ether oxygens (including phenoxy) is 1. The number of halogens is 1. The highest BCUT2D eigenvalue weighted by molar-refractivity contribution is 8.13. The van der Waals surface area contributed by atoms with Crippen LogP contribution in [0.1, 0.15) is 64.7 Å². The van der Waals surface area contributed by atoms with Crippen LogP contribution in [0, 0.1) is 0 Å². The van der Waals surface area contributed by atoms with E-state index in [0.717, 1.165) is 6.42 Å². The van der Waals surface area contributed by atoms with E-state index in [1.54, 1.807) is 12.1 Å². The molecule has 5 heteroatoms. The van der Waals surface area contributed by atoms with E-state index in [0.29, 0.717) is 12.4 Å². The molecule has 1 rings (SSSR count). The zero-order valence-corrected chi connectivity index (χ0v) is 15.0. The van der Waals surface area contributed by atoms with Crippen molar-refractivity contribution in [2.24, 2.45) is 0 Å². The summed E-state index contributed by atoms with van der Waals surface area (Å²) in [6.07, 6.45) is 11.5. The highest BCUT2D eigenvalue weighted by Gasteiger charge is 2.08. The van der Waals surface area contributed by atoms with Crippen LogP contribution in [0.4, 0.5) is 0 Å². The Kier molecular flexibility index (Phi) is 9.56. The van der Waals surface area contributed by atoms with Gasteiger partial charge in [0.25, 0.3) is 9.05 Å². The average Bonchev–Trinajstić information content (AvgIpc) is 2.49. The van der Waals surface area contributed by atoms with E-state index in [1.165, 1.54) is 63.5 Å². The van der Waals surface area contributed by atoms with Crippen LogP contribution < -0.4 is 4.74 Å². The Hall–Kier alpha value is -0.740. The molecule has 22 heavy (non-hydrogen) atoms. The van der Waals surface area contributed by atoms with Gasteiger partial charge in [-0.15, -0.1) is 0 Å². The lowest BCUT2D eigenvalue weighted by molar-refractivity contribution is 0.304. The third-order valence-corrected chi connectivity index (χ3v) is 4.99. The van der Waals surface area contributed by atoms with Crippen LogP contribution in [-0.4, -0.2) is 15.0 Å². The predicted molar refractivity (Wildman–Crippen MR) is 92.2 cm³/mol. The zero-order chi connectivity index (χ0) is 16.3. The minimum atomic E-state index is -3.65. The topological polar surface area (TPSA) is 43.4 Å². The largest absolute Gasteiger partial charge is 0.494 e. The van der Waals surface area contributed by atoms with Gasteiger partial charge in [0.15, 0.2) is 0 Å². The first-order valence-corrected chi connectivity index (χ1v) is 10.5. The molecule has 0 radical (unpaired) electrons. The second kappa shape index (κ2) is 10.9. The lowest BCUT2D eigenvalue weighted by Crippen LogP contribution is -1.98. The molecule has 0 aliphatic heterocycles. The van der Waals surface area contributed by atoms with Gasteiger partial charge in [0.1, 0.15) is 5.75 Å². The van der Waals surface area contributed by atoms with E-state index in [2.05, 4.69) is 6.92 Å². The Labute approximate surface area is 139 Å². The van der Waals surface area contributed by atoms with Crippen molar-refractivity contribution in [2.75, 3.05) is 6.61 Å². The van der Waals surface area contributed by atoms with Crippen molar-refractivity contribution < 1.29 is 13.2 Å². The van der Waals surface area contributed by atoms with E-state index in [9.17, 15) is 8.42 Å². The summed E-state index contributed by atoms with van der Waals surface area (Å²) in [5.41, 5.74) is 0. The molecular weight excluding hydrogens is 320 g/mol. The van der Waals surface area contributed by atoms with Crippen molar-refractivity contribution in [1.29, 1.82) is 0 Å². The van der Waals surface area contributed by atoms with Gasteiger partial charge >= 0.3 is 0 Å². The minimum Gasteiger partial charge on any atom is -0.494 e.